The first-order valence-corrected chi connectivity index (χ1v) is 6.23. The van der Waals surface area contributed by atoms with Crippen molar-refractivity contribution in [1.29, 1.82) is 0 Å². The molecule has 0 atom stereocenters. The highest BCUT2D eigenvalue weighted by atomic mass is 14.7. The maximum atomic E-state index is 4.59. The predicted molar refractivity (Wildman–Crippen MR) is 71.1 cm³/mol. The van der Waals surface area contributed by atoms with Crippen LogP contribution >= 0.6 is 0 Å². The zero-order chi connectivity index (χ0) is 12.5. The third-order valence-corrected chi connectivity index (χ3v) is 2.98. The number of hydrogen-bond acceptors (Lipinski definition) is 1. The van der Waals surface area contributed by atoms with Gasteiger partial charge in [0.05, 0.1) is 0 Å². The molecule has 0 aromatic carbocycles. The zero-order valence-corrected chi connectivity index (χ0v) is 11.8. The molecule has 0 spiro atoms. The molecule has 0 saturated heterocycles. The molecule has 0 radical (unpaired) electrons. The molecule has 0 saturated carbocycles. The first-order valence-electron chi connectivity index (χ1n) is 6.23. The van der Waals surface area contributed by atoms with E-state index in [1.165, 1.54) is 16.8 Å². The molecule has 1 aromatic rings. The van der Waals surface area contributed by atoms with E-state index in [1.54, 1.807) is 0 Å². The molecule has 0 aliphatic rings. The van der Waals surface area contributed by atoms with Gasteiger partial charge in [-0.2, -0.15) is 0 Å². The average molecular weight is 219 g/mol. The van der Waals surface area contributed by atoms with E-state index in [-0.39, 0.29) is 5.41 Å². The summed E-state index contributed by atoms with van der Waals surface area (Å²) < 4.78 is 0. The summed E-state index contributed by atoms with van der Waals surface area (Å²) in [6, 6.07) is 2.29. The van der Waals surface area contributed by atoms with E-state index in [1.807, 2.05) is 0 Å². The monoisotopic (exact) mass is 219 g/mol. The third-order valence-electron chi connectivity index (χ3n) is 2.98. The van der Waals surface area contributed by atoms with Crippen molar-refractivity contribution in [3.05, 3.63) is 29.1 Å². The second-order valence-electron chi connectivity index (χ2n) is 6.26. The number of nitrogens with zero attached hydrogens (tertiary/aromatic N) is 1. The Labute approximate surface area is 100 Å². The van der Waals surface area contributed by atoms with Gasteiger partial charge in [-0.05, 0) is 34.4 Å². The Balaban J connectivity index is 3.31. The Morgan fingerprint density at radius 3 is 1.94 bits per heavy atom. The van der Waals surface area contributed by atoms with E-state index in [0.717, 1.165) is 0 Å². The largest absolute Gasteiger partial charge is 0.261 e. The Morgan fingerprint density at radius 1 is 1.00 bits per heavy atom. The summed E-state index contributed by atoms with van der Waals surface area (Å²) in [6.07, 6.45) is 2.07. The molecule has 90 valence electrons. The molecule has 1 nitrogen and oxygen atoms in total. The normalized spacial score (nSPS) is 12.6. The number of pyridine rings is 1. The van der Waals surface area contributed by atoms with Crippen LogP contribution in [0.2, 0.25) is 0 Å². The van der Waals surface area contributed by atoms with Gasteiger partial charge in [0.15, 0.2) is 0 Å². The molecule has 1 heterocycles. The highest BCUT2D eigenvalue weighted by molar-refractivity contribution is 5.35. The van der Waals surface area contributed by atoms with Crippen molar-refractivity contribution in [2.45, 2.75) is 65.7 Å². The zero-order valence-electron chi connectivity index (χ0n) is 11.8. The summed E-state index contributed by atoms with van der Waals surface area (Å²) in [4.78, 5) is 4.59. The first kappa shape index (κ1) is 13.2. The Kier molecular flexibility index (Phi) is 3.77. The molecule has 0 N–H and O–H groups in total. The minimum absolute atomic E-state index is 0.183. The van der Waals surface area contributed by atoms with Crippen molar-refractivity contribution < 1.29 is 0 Å². The van der Waals surface area contributed by atoms with Crippen molar-refractivity contribution in [2.75, 3.05) is 0 Å². The second-order valence-corrected chi connectivity index (χ2v) is 6.26. The van der Waals surface area contributed by atoms with Crippen LogP contribution in [0, 0.1) is 0 Å². The standard InChI is InChI=1S/C15H25N/c1-10(2)12-8-14(11(3)4)16-9-13(12)15(5,6)7/h8-11H,1-7H3. The quantitative estimate of drug-likeness (QED) is 0.707. The lowest BCUT2D eigenvalue weighted by atomic mass is 9.81. The topological polar surface area (TPSA) is 12.9 Å². The van der Waals surface area contributed by atoms with Crippen molar-refractivity contribution in [1.82, 2.24) is 4.98 Å². The molecule has 16 heavy (non-hydrogen) atoms. The van der Waals surface area contributed by atoms with Gasteiger partial charge in [0, 0.05) is 11.9 Å². The smallest absolute Gasteiger partial charge is 0.0432 e. The molecule has 0 aliphatic heterocycles. The molecule has 1 heteroatoms. The van der Waals surface area contributed by atoms with Crippen molar-refractivity contribution in [3.8, 4) is 0 Å². The van der Waals surface area contributed by atoms with Crippen LogP contribution in [0.1, 0.15) is 77.1 Å². The molecular weight excluding hydrogens is 194 g/mol. The fourth-order valence-electron chi connectivity index (χ4n) is 1.91. The SMILES string of the molecule is CC(C)c1cc(C(C)C)c(C(C)(C)C)cn1. The summed E-state index contributed by atoms with van der Waals surface area (Å²) in [5.41, 5.74) is 4.22. The molecule has 0 bridgehead atoms. The van der Waals surface area contributed by atoms with E-state index in [2.05, 4.69) is 65.7 Å². The summed E-state index contributed by atoms with van der Waals surface area (Å²) in [5, 5.41) is 0. The number of aromatic nitrogens is 1. The molecule has 0 fully saturated rings. The van der Waals surface area contributed by atoms with Crippen molar-refractivity contribution >= 4 is 0 Å². The van der Waals surface area contributed by atoms with Gasteiger partial charge in [-0.1, -0.05) is 48.5 Å². The lowest BCUT2D eigenvalue weighted by Gasteiger charge is -2.25. The minimum Gasteiger partial charge on any atom is -0.261 e. The minimum atomic E-state index is 0.183. The van der Waals surface area contributed by atoms with E-state index in [0.29, 0.717) is 11.8 Å². The highest BCUT2D eigenvalue weighted by Gasteiger charge is 2.20. The highest BCUT2D eigenvalue weighted by Crippen LogP contribution is 2.31. The van der Waals surface area contributed by atoms with Crippen LogP contribution in [0.3, 0.4) is 0 Å². The van der Waals surface area contributed by atoms with Crippen molar-refractivity contribution in [3.63, 3.8) is 0 Å². The van der Waals surface area contributed by atoms with Crippen LogP contribution in [-0.2, 0) is 5.41 Å². The van der Waals surface area contributed by atoms with Gasteiger partial charge in [-0.25, -0.2) is 0 Å². The maximum Gasteiger partial charge on any atom is 0.0432 e. The lowest BCUT2D eigenvalue weighted by Crippen LogP contribution is -2.16. The summed E-state index contributed by atoms with van der Waals surface area (Å²) in [7, 11) is 0. The molecule has 0 amide bonds. The van der Waals surface area contributed by atoms with E-state index in [9.17, 15) is 0 Å². The van der Waals surface area contributed by atoms with Crippen LogP contribution in [0.25, 0.3) is 0 Å². The second kappa shape index (κ2) is 4.57. The van der Waals surface area contributed by atoms with E-state index in [4.69, 9.17) is 0 Å². The van der Waals surface area contributed by atoms with Gasteiger partial charge in [0.2, 0.25) is 0 Å². The Hall–Kier alpha value is -0.850. The van der Waals surface area contributed by atoms with Gasteiger partial charge in [-0.3, -0.25) is 4.98 Å². The van der Waals surface area contributed by atoms with Crippen LogP contribution < -0.4 is 0 Å². The summed E-state index contributed by atoms with van der Waals surface area (Å²) in [6.45, 7) is 15.7. The number of rotatable bonds is 2. The fraction of sp³-hybridized carbons (Fsp3) is 0.667. The number of hydrogen-bond donors (Lipinski definition) is 0. The van der Waals surface area contributed by atoms with Crippen LogP contribution in [0.5, 0.6) is 0 Å². The summed E-state index contributed by atoms with van der Waals surface area (Å²) >= 11 is 0. The van der Waals surface area contributed by atoms with Crippen LogP contribution in [0.4, 0.5) is 0 Å². The molecule has 1 rings (SSSR count). The first-order chi connectivity index (χ1) is 7.23. The van der Waals surface area contributed by atoms with Crippen molar-refractivity contribution in [2.24, 2.45) is 0 Å². The maximum absolute atomic E-state index is 4.59. The summed E-state index contributed by atoms with van der Waals surface area (Å²) in [5.74, 6) is 1.07. The van der Waals surface area contributed by atoms with Crippen LogP contribution in [0.15, 0.2) is 12.3 Å². The average Bonchev–Trinajstić information content (AvgIpc) is 2.15. The van der Waals surface area contributed by atoms with Gasteiger partial charge >= 0.3 is 0 Å². The van der Waals surface area contributed by atoms with Crippen LogP contribution in [-0.4, -0.2) is 4.98 Å². The van der Waals surface area contributed by atoms with E-state index >= 15 is 0 Å². The predicted octanol–water partition coefficient (Wildman–Crippen LogP) is 4.63. The van der Waals surface area contributed by atoms with E-state index < -0.39 is 0 Å². The molecule has 0 unspecified atom stereocenters. The van der Waals surface area contributed by atoms with Gasteiger partial charge in [0.25, 0.3) is 0 Å². The van der Waals surface area contributed by atoms with Gasteiger partial charge in [-0.15, -0.1) is 0 Å². The molecule has 1 aromatic heterocycles. The van der Waals surface area contributed by atoms with Gasteiger partial charge in [0.1, 0.15) is 0 Å². The lowest BCUT2D eigenvalue weighted by molar-refractivity contribution is 0.571. The molecular formula is C15H25N. The Morgan fingerprint density at radius 2 is 1.56 bits per heavy atom. The third kappa shape index (κ3) is 2.84. The van der Waals surface area contributed by atoms with Gasteiger partial charge < -0.3 is 0 Å². The molecule has 0 aliphatic carbocycles. The fourth-order valence-corrected chi connectivity index (χ4v) is 1.91. The Bertz CT molecular complexity index is 356.